The standard InChI is InChI=1S/C16H30N2O2/c1-3-18(15-7-5-4-6-8-15)16(20)13(2)17-10-9-14(11-17)12-19/h13-15,19H,3-12H2,1-2H3. The van der Waals surface area contributed by atoms with Gasteiger partial charge >= 0.3 is 0 Å². The van der Waals surface area contributed by atoms with Crippen LogP contribution in [0, 0.1) is 5.92 Å². The van der Waals surface area contributed by atoms with E-state index in [2.05, 4.69) is 16.7 Å². The Bertz CT molecular complexity index is 316. The van der Waals surface area contributed by atoms with Gasteiger partial charge in [-0.25, -0.2) is 0 Å². The molecule has 1 amide bonds. The highest BCUT2D eigenvalue weighted by atomic mass is 16.3. The van der Waals surface area contributed by atoms with Gasteiger partial charge in [0.15, 0.2) is 0 Å². The van der Waals surface area contributed by atoms with Crippen LogP contribution >= 0.6 is 0 Å². The highest BCUT2D eigenvalue weighted by Crippen LogP contribution is 2.25. The zero-order valence-corrected chi connectivity index (χ0v) is 13.1. The highest BCUT2D eigenvalue weighted by Gasteiger charge is 2.33. The van der Waals surface area contributed by atoms with Crippen molar-refractivity contribution in [3.63, 3.8) is 0 Å². The number of carbonyl (C=O) groups excluding carboxylic acids is 1. The molecule has 2 aliphatic rings. The SMILES string of the molecule is CCN(C(=O)C(C)N1CCC(CO)C1)C1CCCCC1. The van der Waals surface area contributed by atoms with Crippen molar-refractivity contribution in [1.82, 2.24) is 9.80 Å². The second kappa shape index (κ2) is 7.41. The minimum atomic E-state index is -0.0339. The van der Waals surface area contributed by atoms with Crippen molar-refractivity contribution in [2.24, 2.45) is 5.92 Å². The number of hydrogen-bond donors (Lipinski definition) is 1. The van der Waals surface area contributed by atoms with Gasteiger partial charge in [-0.3, -0.25) is 9.69 Å². The van der Waals surface area contributed by atoms with Crippen LogP contribution in [0.4, 0.5) is 0 Å². The molecule has 1 aliphatic heterocycles. The summed E-state index contributed by atoms with van der Waals surface area (Å²) in [5.74, 6) is 0.646. The third kappa shape index (κ3) is 3.53. The van der Waals surface area contributed by atoms with E-state index in [-0.39, 0.29) is 18.6 Å². The maximum Gasteiger partial charge on any atom is 0.239 e. The van der Waals surface area contributed by atoms with E-state index in [1.54, 1.807) is 0 Å². The molecule has 1 aliphatic carbocycles. The molecule has 20 heavy (non-hydrogen) atoms. The molecule has 0 spiro atoms. The molecule has 1 saturated heterocycles. The summed E-state index contributed by atoms with van der Waals surface area (Å²) in [5.41, 5.74) is 0. The lowest BCUT2D eigenvalue weighted by molar-refractivity contribution is -0.139. The predicted molar refractivity (Wildman–Crippen MR) is 80.5 cm³/mol. The van der Waals surface area contributed by atoms with Crippen LogP contribution in [0.1, 0.15) is 52.4 Å². The van der Waals surface area contributed by atoms with Gasteiger partial charge in [0.05, 0.1) is 6.04 Å². The molecule has 0 bridgehead atoms. The van der Waals surface area contributed by atoms with Crippen molar-refractivity contribution in [1.29, 1.82) is 0 Å². The normalized spacial score (nSPS) is 26.6. The number of amides is 1. The fraction of sp³-hybridized carbons (Fsp3) is 0.938. The van der Waals surface area contributed by atoms with Crippen molar-refractivity contribution in [2.45, 2.75) is 64.5 Å². The predicted octanol–water partition coefficient (Wildman–Crippen LogP) is 1.87. The van der Waals surface area contributed by atoms with Gasteiger partial charge in [0.2, 0.25) is 5.91 Å². The first kappa shape index (κ1) is 15.8. The van der Waals surface area contributed by atoms with E-state index in [0.29, 0.717) is 12.0 Å². The van der Waals surface area contributed by atoms with E-state index in [9.17, 15) is 9.90 Å². The minimum Gasteiger partial charge on any atom is -0.396 e. The number of carbonyl (C=O) groups is 1. The van der Waals surface area contributed by atoms with Crippen molar-refractivity contribution in [3.05, 3.63) is 0 Å². The van der Waals surface area contributed by atoms with Gasteiger partial charge in [-0.15, -0.1) is 0 Å². The lowest BCUT2D eigenvalue weighted by atomic mass is 9.93. The number of likely N-dealkylation sites (N-methyl/N-ethyl adjacent to an activating group) is 1. The van der Waals surface area contributed by atoms with Crippen LogP contribution < -0.4 is 0 Å². The lowest BCUT2D eigenvalue weighted by Crippen LogP contribution is -2.50. The Morgan fingerprint density at radius 3 is 2.55 bits per heavy atom. The minimum absolute atomic E-state index is 0.0339. The molecule has 4 heteroatoms. The van der Waals surface area contributed by atoms with E-state index in [0.717, 1.165) is 26.1 Å². The number of nitrogens with zero attached hydrogens (tertiary/aromatic N) is 2. The summed E-state index contributed by atoms with van der Waals surface area (Å²) in [4.78, 5) is 17.1. The van der Waals surface area contributed by atoms with Crippen molar-refractivity contribution < 1.29 is 9.90 Å². The number of likely N-dealkylation sites (tertiary alicyclic amines) is 1. The van der Waals surface area contributed by atoms with E-state index < -0.39 is 0 Å². The van der Waals surface area contributed by atoms with Gasteiger partial charge in [-0.2, -0.15) is 0 Å². The topological polar surface area (TPSA) is 43.8 Å². The lowest BCUT2D eigenvalue weighted by Gasteiger charge is -2.37. The van der Waals surface area contributed by atoms with E-state index in [1.807, 2.05) is 6.92 Å². The van der Waals surface area contributed by atoms with Crippen LogP contribution in [-0.4, -0.2) is 59.1 Å². The smallest absolute Gasteiger partial charge is 0.239 e. The molecule has 1 saturated carbocycles. The first-order valence-electron chi connectivity index (χ1n) is 8.32. The Balaban J connectivity index is 1.93. The summed E-state index contributed by atoms with van der Waals surface area (Å²) >= 11 is 0. The quantitative estimate of drug-likeness (QED) is 0.837. The fourth-order valence-electron chi connectivity index (χ4n) is 3.75. The summed E-state index contributed by atoms with van der Waals surface area (Å²) in [7, 11) is 0. The van der Waals surface area contributed by atoms with Gasteiger partial charge in [0.1, 0.15) is 0 Å². The summed E-state index contributed by atoms with van der Waals surface area (Å²) < 4.78 is 0. The van der Waals surface area contributed by atoms with Crippen molar-refractivity contribution in [2.75, 3.05) is 26.2 Å². The molecule has 1 N–H and O–H groups in total. The molecule has 2 fully saturated rings. The Morgan fingerprint density at radius 1 is 1.30 bits per heavy atom. The first-order valence-corrected chi connectivity index (χ1v) is 8.32. The van der Waals surface area contributed by atoms with Crippen LogP contribution in [0.3, 0.4) is 0 Å². The van der Waals surface area contributed by atoms with Gasteiger partial charge in [-0.05, 0) is 45.6 Å². The third-order valence-electron chi connectivity index (χ3n) is 5.12. The first-order chi connectivity index (χ1) is 9.67. The van der Waals surface area contributed by atoms with Crippen LogP contribution in [0.15, 0.2) is 0 Å². The third-order valence-corrected chi connectivity index (χ3v) is 5.12. The summed E-state index contributed by atoms with van der Waals surface area (Å²) in [6.45, 7) is 7.02. The van der Waals surface area contributed by atoms with Gasteiger partial charge in [-0.1, -0.05) is 19.3 Å². The van der Waals surface area contributed by atoms with Gasteiger partial charge in [0, 0.05) is 25.7 Å². The fourth-order valence-corrected chi connectivity index (χ4v) is 3.75. The Labute approximate surface area is 123 Å². The monoisotopic (exact) mass is 282 g/mol. The van der Waals surface area contributed by atoms with Crippen LogP contribution in [-0.2, 0) is 4.79 Å². The second-order valence-electron chi connectivity index (χ2n) is 6.42. The summed E-state index contributed by atoms with van der Waals surface area (Å²) in [5, 5.41) is 9.24. The molecule has 2 rings (SSSR count). The number of aliphatic hydroxyl groups excluding tert-OH is 1. The van der Waals surface area contributed by atoms with Crippen molar-refractivity contribution in [3.8, 4) is 0 Å². The molecule has 0 radical (unpaired) electrons. The number of hydrogen-bond acceptors (Lipinski definition) is 3. The van der Waals surface area contributed by atoms with Crippen molar-refractivity contribution >= 4 is 5.91 Å². The molecular weight excluding hydrogens is 252 g/mol. The highest BCUT2D eigenvalue weighted by molar-refractivity contribution is 5.81. The summed E-state index contributed by atoms with van der Waals surface area (Å²) in [6, 6.07) is 0.424. The molecule has 116 valence electrons. The molecular formula is C16H30N2O2. The largest absolute Gasteiger partial charge is 0.396 e. The molecule has 0 aromatic rings. The molecule has 2 atom stereocenters. The van der Waals surface area contributed by atoms with Crippen LogP contribution in [0.2, 0.25) is 0 Å². The molecule has 0 aromatic heterocycles. The maximum absolute atomic E-state index is 12.8. The Kier molecular flexibility index (Phi) is 5.85. The average molecular weight is 282 g/mol. The molecule has 1 heterocycles. The van der Waals surface area contributed by atoms with Gasteiger partial charge in [0.25, 0.3) is 0 Å². The van der Waals surface area contributed by atoms with E-state index >= 15 is 0 Å². The number of aliphatic hydroxyl groups is 1. The Hall–Kier alpha value is -0.610. The maximum atomic E-state index is 12.8. The Morgan fingerprint density at radius 2 is 2.00 bits per heavy atom. The van der Waals surface area contributed by atoms with Gasteiger partial charge < -0.3 is 10.0 Å². The second-order valence-corrected chi connectivity index (χ2v) is 6.42. The zero-order chi connectivity index (χ0) is 14.5. The average Bonchev–Trinajstić information content (AvgIpc) is 2.97. The van der Waals surface area contributed by atoms with E-state index in [1.165, 1.54) is 32.1 Å². The molecule has 2 unspecified atom stereocenters. The zero-order valence-electron chi connectivity index (χ0n) is 13.1. The van der Waals surface area contributed by atoms with Crippen LogP contribution in [0.25, 0.3) is 0 Å². The van der Waals surface area contributed by atoms with E-state index in [4.69, 9.17) is 0 Å². The number of rotatable bonds is 5. The molecule has 0 aromatic carbocycles. The molecule has 4 nitrogen and oxygen atoms in total. The van der Waals surface area contributed by atoms with Crippen LogP contribution in [0.5, 0.6) is 0 Å². The summed E-state index contributed by atoms with van der Waals surface area (Å²) in [6.07, 6.45) is 7.21.